The highest BCUT2D eigenvalue weighted by Crippen LogP contribution is 2.23. The Hall–Kier alpha value is -1.59. The highest BCUT2D eigenvalue weighted by atomic mass is 35.5. The maximum atomic E-state index is 12.3. The van der Waals surface area contributed by atoms with E-state index < -0.39 is 5.91 Å². The molecular formula is C16H21ClN2O3. The number of hydrogen-bond acceptors (Lipinski definition) is 3. The van der Waals surface area contributed by atoms with Crippen molar-refractivity contribution in [3.63, 3.8) is 0 Å². The van der Waals surface area contributed by atoms with Crippen LogP contribution in [-0.2, 0) is 20.9 Å². The summed E-state index contributed by atoms with van der Waals surface area (Å²) in [6.07, 6.45) is 3.99. The molecule has 5 nitrogen and oxygen atoms in total. The zero-order valence-electron chi connectivity index (χ0n) is 12.5. The van der Waals surface area contributed by atoms with Gasteiger partial charge in [0.2, 0.25) is 11.8 Å². The van der Waals surface area contributed by atoms with Crippen LogP contribution in [0.15, 0.2) is 24.3 Å². The van der Waals surface area contributed by atoms with E-state index in [-0.39, 0.29) is 31.7 Å². The summed E-state index contributed by atoms with van der Waals surface area (Å²) in [7, 11) is 0. The van der Waals surface area contributed by atoms with E-state index in [1.807, 2.05) is 18.2 Å². The fraction of sp³-hybridized carbons (Fsp3) is 0.500. The van der Waals surface area contributed by atoms with E-state index in [0.29, 0.717) is 5.02 Å². The average Bonchev–Trinajstić information content (AvgIpc) is 3.00. The van der Waals surface area contributed by atoms with Gasteiger partial charge in [0.1, 0.15) is 6.61 Å². The van der Waals surface area contributed by atoms with E-state index in [1.165, 1.54) is 0 Å². The maximum Gasteiger partial charge on any atom is 0.249 e. The summed E-state index contributed by atoms with van der Waals surface area (Å²) in [6.45, 7) is 0.147. The van der Waals surface area contributed by atoms with Gasteiger partial charge in [0.25, 0.3) is 0 Å². The number of carbonyl (C=O) groups excluding carboxylic acids is 2. The van der Waals surface area contributed by atoms with Crippen molar-refractivity contribution >= 4 is 23.4 Å². The van der Waals surface area contributed by atoms with Crippen LogP contribution in [0.4, 0.5) is 0 Å². The monoisotopic (exact) mass is 324 g/mol. The van der Waals surface area contributed by atoms with Crippen LogP contribution in [0.2, 0.25) is 5.02 Å². The van der Waals surface area contributed by atoms with Gasteiger partial charge in [0, 0.05) is 11.1 Å². The number of halogens is 1. The van der Waals surface area contributed by atoms with Crippen molar-refractivity contribution in [3.8, 4) is 0 Å². The Morgan fingerprint density at radius 2 is 1.95 bits per heavy atom. The minimum Gasteiger partial charge on any atom is -0.368 e. The van der Waals surface area contributed by atoms with Gasteiger partial charge in [0.15, 0.2) is 0 Å². The lowest BCUT2D eigenvalue weighted by Gasteiger charge is -2.27. The molecule has 0 saturated heterocycles. The Morgan fingerprint density at radius 3 is 2.59 bits per heavy atom. The Labute approximate surface area is 135 Å². The first-order valence-electron chi connectivity index (χ1n) is 7.47. The molecule has 2 rings (SSSR count). The molecule has 1 aliphatic rings. The van der Waals surface area contributed by atoms with E-state index in [4.69, 9.17) is 22.1 Å². The van der Waals surface area contributed by atoms with Crippen molar-refractivity contribution in [1.29, 1.82) is 0 Å². The lowest BCUT2D eigenvalue weighted by atomic mass is 10.2. The van der Waals surface area contributed by atoms with E-state index in [2.05, 4.69) is 0 Å². The molecule has 1 aromatic rings. The molecule has 0 aromatic heterocycles. The molecule has 0 bridgehead atoms. The quantitative estimate of drug-likeness (QED) is 0.835. The molecule has 0 unspecified atom stereocenters. The zero-order chi connectivity index (χ0) is 15.9. The van der Waals surface area contributed by atoms with Crippen LogP contribution in [0, 0.1) is 0 Å². The molecular weight excluding hydrogens is 304 g/mol. The Kier molecular flexibility index (Phi) is 6.21. The number of nitrogens with two attached hydrogens (primary N) is 1. The van der Waals surface area contributed by atoms with Crippen molar-refractivity contribution in [2.45, 2.75) is 38.3 Å². The predicted octanol–water partition coefficient (Wildman–Crippen LogP) is 2.11. The summed E-state index contributed by atoms with van der Waals surface area (Å²) in [5.41, 5.74) is 6.08. The Bertz CT molecular complexity index is 530. The van der Waals surface area contributed by atoms with Crippen LogP contribution < -0.4 is 5.73 Å². The van der Waals surface area contributed by atoms with E-state index in [0.717, 1.165) is 31.2 Å². The van der Waals surface area contributed by atoms with Crippen molar-refractivity contribution in [2.75, 3.05) is 13.2 Å². The molecule has 0 aliphatic heterocycles. The number of benzene rings is 1. The maximum absolute atomic E-state index is 12.3. The predicted molar refractivity (Wildman–Crippen MR) is 84.3 cm³/mol. The molecule has 2 amide bonds. The van der Waals surface area contributed by atoms with Crippen molar-refractivity contribution < 1.29 is 14.3 Å². The third-order valence-corrected chi connectivity index (χ3v) is 4.22. The highest BCUT2D eigenvalue weighted by Gasteiger charge is 2.27. The van der Waals surface area contributed by atoms with Gasteiger partial charge in [-0.05, 0) is 24.5 Å². The van der Waals surface area contributed by atoms with Crippen molar-refractivity contribution in [2.24, 2.45) is 5.73 Å². The lowest BCUT2D eigenvalue weighted by molar-refractivity contribution is -0.142. The van der Waals surface area contributed by atoms with Gasteiger partial charge in [-0.1, -0.05) is 42.6 Å². The second-order valence-corrected chi connectivity index (χ2v) is 5.92. The molecule has 0 atom stereocenters. The number of primary amides is 1. The number of ether oxygens (including phenoxy) is 1. The lowest BCUT2D eigenvalue weighted by Crippen LogP contribution is -2.45. The van der Waals surface area contributed by atoms with Crippen LogP contribution in [0.1, 0.15) is 31.2 Å². The second-order valence-electron chi connectivity index (χ2n) is 5.51. The van der Waals surface area contributed by atoms with Crippen molar-refractivity contribution in [3.05, 3.63) is 34.9 Å². The van der Waals surface area contributed by atoms with Gasteiger partial charge in [-0.2, -0.15) is 0 Å². The second kappa shape index (κ2) is 8.15. The number of rotatable bonds is 7. The number of hydrogen-bond donors (Lipinski definition) is 1. The first-order chi connectivity index (χ1) is 10.6. The third kappa shape index (κ3) is 4.71. The minimum atomic E-state index is -0.494. The Balaban J connectivity index is 1.87. The van der Waals surface area contributed by atoms with Crippen LogP contribution in [0.25, 0.3) is 0 Å². The van der Waals surface area contributed by atoms with Crippen molar-refractivity contribution in [1.82, 2.24) is 4.90 Å². The first kappa shape index (κ1) is 16.8. The van der Waals surface area contributed by atoms with E-state index in [9.17, 15) is 9.59 Å². The van der Waals surface area contributed by atoms with Crippen LogP contribution >= 0.6 is 11.6 Å². The normalized spacial score (nSPS) is 15.0. The molecule has 6 heteroatoms. The highest BCUT2D eigenvalue weighted by molar-refractivity contribution is 6.31. The van der Waals surface area contributed by atoms with E-state index >= 15 is 0 Å². The van der Waals surface area contributed by atoms with E-state index in [1.54, 1.807) is 11.0 Å². The topological polar surface area (TPSA) is 72.6 Å². The summed E-state index contributed by atoms with van der Waals surface area (Å²) < 4.78 is 5.46. The summed E-state index contributed by atoms with van der Waals surface area (Å²) in [4.78, 5) is 25.0. The molecule has 2 N–H and O–H groups in total. The van der Waals surface area contributed by atoms with Crippen LogP contribution in [0.3, 0.4) is 0 Å². The molecule has 1 aromatic carbocycles. The number of amides is 2. The van der Waals surface area contributed by atoms with Gasteiger partial charge in [-0.3, -0.25) is 9.59 Å². The van der Waals surface area contributed by atoms with Gasteiger partial charge >= 0.3 is 0 Å². The smallest absolute Gasteiger partial charge is 0.249 e. The fourth-order valence-electron chi connectivity index (χ4n) is 2.75. The number of nitrogens with zero attached hydrogens (tertiary/aromatic N) is 1. The molecule has 0 radical (unpaired) electrons. The van der Waals surface area contributed by atoms with Gasteiger partial charge in [0.05, 0.1) is 13.2 Å². The minimum absolute atomic E-state index is 0.0427. The largest absolute Gasteiger partial charge is 0.368 e. The molecule has 0 spiro atoms. The van der Waals surface area contributed by atoms with Crippen LogP contribution in [-0.4, -0.2) is 35.9 Å². The summed E-state index contributed by atoms with van der Waals surface area (Å²) in [6, 6.07) is 7.44. The first-order valence-corrected chi connectivity index (χ1v) is 7.84. The summed E-state index contributed by atoms with van der Waals surface area (Å²) in [5, 5.41) is 0.611. The van der Waals surface area contributed by atoms with Gasteiger partial charge < -0.3 is 15.4 Å². The van der Waals surface area contributed by atoms with Gasteiger partial charge in [-0.15, -0.1) is 0 Å². The molecule has 22 heavy (non-hydrogen) atoms. The summed E-state index contributed by atoms with van der Waals surface area (Å²) in [5.74, 6) is -0.691. The molecule has 0 heterocycles. The van der Waals surface area contributed by atoms with Gasteiger partial charge in [-0.25, -0.2) is 0 Å². The molecule has 1 fully saturated rings. The fourth-order valence-corrected chi connectivity index (χ4v) is 2.94. The SMILES string of the molecule is NC(=O)CN(C(=O)COCc1ccccc1Cl)C1CCCC1. The molecule has 1 saturated carbocycles. The number of carbonyl (C=O) groups is 2. The standard InChI is InChI=1S/C16H21ClN2O3/c17-14-8-4-1-5-12(14)10-22-11-16(21)19(9-15(18)20)13-6-2-3-7-13/h1,4-5,8,13H,2-3,6-7,9-11H2,(H2,18,20). The Morgan fingerprint density at radius 1 is 1.27 bits per heavy atom. The average molecular weight is 325 g/mol. The molecule has 1 aliphatic carbocycles. The third-order valence-electron chi connectivity index (χ3n) is 3.85. The zero-order valence-corrected chi connectivity index (χ0v) is 13.2. The van der Waals surface area contributed by atoms with Crippen LogP contribution in [0.5, 0.6) is 0 Å². The molecule has 120 valence electrons. The summed E-state index contributed by atoms with van der Waals surface area (Å²) >= 11 is 6.04.